The Bertz CT molecular complexity index is 1420. The SMILES string of the molecule is Cc1ccc(Cl)cc1NC(=O)CN1C(=O)S/C(=C/c2cc(Br)c(OCc3ccccc3Cl)c(Br)c2)C1=O. The van der Waals surface area contributed by atoms with Crippen LogP contribution in [0.1, 0.15) is 16.7 Å². The van der Waals surface area contributed by atoms with Crippen LogP contribution in [0.5, 0.6) is 5.75 Å². The molecular weight excluding hydrogens is 667 g/mol. The molecule has 0 atom stereocenters. The van der Waals surface area contributed by atoms with Gasteiger partial charge in [-0.05, 0) is 98.1 Å². The molecule has 1 aliphatic heterocycles. The summed E-state index contributed by atoms with van der Waals surface area (Å²) in [4.78, 5) is 39.1. The van der Waals surface area contributed by atoms with Crippen molar-refractivity contribution in [2.75, 3.05) is 11.9 Å². The molecule has 0 unspecified atom stereocenters. The van der Waals surface area contributed by atoms with E-state index in [1.165, 1.54) is 0 Å². The van der Waals surface area contributed by atoms with Crippen LogP contribution in [0.2, 0.25) is 10.0 Å². The van der Waals surface area contributed by atoms with Crippen molar-refractivity contribution in [3.05, 3.63) is 95.2 Å². The van der Waals surface area contributed by atoms with E-state index in [1.54, 1.807) is 42.5 Å². The summed E-state index contributed by atoms with van der Waals surface area (Å²) in [5, 5.41) is 3.25. The predicted octanol–water partition coefficient (Wildman–Crippen LogP) is 8.08. The fraction of sp³-hybridized carbons (Fsp3) is 0.115. The molecular formula is C26H18Br2Cl2N2O4S. The molecule has 6 nitrogen and oxygen atoms in total. The van der Waals surface area contributed by atoms with Gasteiger partial charge in [-0.3, -0.25) is 19.3 Å². The summed E-state index contributed by atoms with van der Waals surface area (Å²) in [7, 11) is 0. The van der Waals surface area contributed by atoms with Crippen LogP contribution >= 0.6 is 66.8 Å². The number of benzene rings is 3. The van der Waals surface area contributed by atoms with Gasteiger partial charge in [-0.2, -0.15) is 0 Å². The molecule has 0 spiro atoms. The number of imide groups is 1. The van der Waals surface area contributed by atoms with Crippen molar-refractivity contribution in [1.82, 2.24) is 4.90 Å². The van der Waals surface area contributed by atoms with Crippen molar-refractivity contribution < 1.29 is 19.1 Å². The Hall–Kier alpha value is -2.30. The van der Waals surface area contributed by atoms with Gasteiger partial charge in [-0.15, -0.1) is 0 Å². The van der Waals surface area contributed by atoms with Crippen LogP contribution in [0, 0.1) is 6.92 Å². The predicted molar refractivity (Wildman–Crippen MR) is 155 cm³/mol. The van der Waals surface area contributed by atoms with Crippen LogP contribution in [0.25, 0.3) is 6.08 Å². The van der Waals surface area contributed by atoms with Crippen molar-refractivity contribution >= 4 is 95.6 Å². The monoisotopic (exact) mass is 682 g/mol. The van der Waals surface area contributed by atoms with Crippen molar-refractivity contribution in [2.45, 2.75) is 13.5 Å². The lowest BCUT2D eigenvalue weighted by Gasteiger charge is -2.14. The molecule has 1 heterocycles. The zero-order valence-electron chi connectivity index (χ0n) is 19.2. The molecule has 4 rings (SSSR count). The lowest BCUT2D eigenvalue weighted by atomic mass is 10.2. The molecule has 0 bridgehead atoms. The standard InChI is InChI=1S/C26H18Br2Cl2N2O4S/c1-14-6-7-17(29)11-21(14)31-23(33)12-32-25(34)22(37-26(32)35)10-15-8-18(27)24(19(28)9-15)36-13-16-4-2-3-5-20(16)30/h2-11H,12-13H2,1H3,(H,31,33)/b22-10+. The summed E-state index contributed by atoms with van der Waals surface area (Å²) >= 11 is 20.0. The highest BCUT2D eigenvalue weighted by Gasteiger charge is 2.36. The van der Waals surface area contributed by atoms with Gasteiger partial charge in [-0.1, -0.05) is 47.5 Å². The Labute approximate surface area is 244 Å². The Morgan fingerprint density at radius 3 is 2.49 bits per heavy atom. The molecule has 190 valence electrons. The van der Waals surface area contributed by atoms with Crippen LogP contribution in [-0.2, 0) is 16.2 Å². The van der Waals surface area contributed by atoms with Gasteiger partial charge in [0.1, 0.15) is 18.9 Å². The number of hydrogen-bond donors (Lipinski definition) is 1. The number of hydrogen-bond acceptors (Lipinski definition) is 5. The Balaban J connectivity index is 1.45. The van der Waals surface area contributed by atoms with E-state index in [4.69, 9.17) is 27.9 Å². The van der Waals surface area contributed by atoms with Crippen molar-refractivity contribution in [2.24, 2.45) is 0 Å². The smallest absolute Gasteiger partial charge is 0.294 e. The molecule has 1 N–H and O–H groups in total. The number of anilines is 1. The molecule has 3 amide bonds. The minimum Gasteiger partial charge on any atom is -0.486 e. The molecule has 0 aromatic heterocycles. The normalized spacial score (nSPS) is 14.4. The fourth-order valence-corrected chi connectivity index (χ4v) is 6.07. The van der Waals surface area contributed by atoms with E-state index < -0.39 is 23.6 Å². The number of amides is 3. The van der Waals surface area contributed by atoms with E-state index in [2.05, 4.69) is 37.2 Å². The van der Waals surface area contributed by atoms with Gasteiger partial charge in [0.05, 0.1) is 13.9 Å². The summed E-state index contributed by atoms with van der Waals surface area (Å²) in [5.41, 5.74) is 2.83. The molecule has 1 saturated heterocycles. The fourth-order valence-electron chi connectivity index (χ4n) is 3.42. The Morgan fingerprint density at radius 1 is 1.08 bits per heavy atom. The first-order valence-corrected chi connectivity index (χ1v) is 13.9. The van der Waals surface area contributed by atoms with E-state index in [0.29, 0.717) is 36.0 Å². The van der Waals surface area contributed by atoms with Gasteiger partial charge in [-0.25, -0.2) is 0 Å². The quantitative estimate of drug-likeness (QED) is 0.255. The zero-order chi connectivity index (χ0) is 26.7. The zero-order valence-corrected chi connectivity index (χ0v) is 24.7. The van der Waals surface area contributed by atoms with Crippen molar-refractivity contribution in [3.63, 3.8) is 0 Å². The minimum absolute atomic E-state index is 0.209. The number of nitrogens with zero attached hydrogens (tertiary/aromatic N) is 1. The van der Waals surface area contributed by atoms with Crippen LogP contribution < -0.4 is 10.1 Å². The van der Waals surface area contributed by atoms with Crippen LogP contribution in [0.15, 0.2) is 68.4 Å². The highest BCUT2D eigenvalue weighted by molar-refractivity contribution is 9.11. The lowest BCUT2D eigenvalue weighted by molar-refractivity contribution is -0.127. The van der Waals surface area contributed by atoms with Crippen LogP contribution in [-0.4, -0.2) is 28.5 Å². The molecule has 0 radical (unpaired) electrons. The van der Waals surface area contributed by atoms with Gasteiger partial charge in [0.25, 0.3) is 11.1 Å². The second-order valence-corrected chi connectivity index (χ2v) is 11.5. The second kappa shape index (κ2) is 12.0. The molecule has 1 aliphatic rings. The van der Waals surface area contributed by atoms with Gasteiger partial charge in [0.2, 0.25) is 5.91 Å². The number of halogens is 4. The maximum Gasteiger partial charge on any atom is 0.294 e. The van der Waals surface area contributed by atoms with E-state index in [9.17, 15) is 14.4 Å². The molecule has 0 aliphatic carbocycles. The number of carbonyl (C=O) groups excluding carboxylic acids is 3. The van der Waals surface area contributed by atoms with Crippen LogP contribution in [0.4, 0.5) is 10.5 Å². The molecule has 1 fully saturated rings. The average molecular weight is 685 g/mol. The third-order valence-electron chi connectivity index (χ3n) is 5.30. The topological polar surface area (TPSA) is 75.7 Å². The first kappa shape index (κ1) is 27.7. The highest BCUT2D eigenvalue weighted by atomic mass is 79.9. The Morgan fingerprint density at radius 2 is 1.78 bits per heavy atom. The summed E-state index contributed by atoms with van der Waals surface area (Å²) in [5.74, 6) is -0.475. The van der Waals surface area contributed by atoms with Gasteiger partial charge in [0.15, 0.2) is 0 Å². The van der Waals surface area contributed by atoms with E-state index in [0.717, 1.165) is 27.8 Å². The highest BCUT2D eigenvalue weighted by Crippen LogP contribution is 2.38. The second-order valence-electron chi connectivity index (χ2n) is 7.97. The minimum atomic E-state index is -0.542. The van der Waals surface area contributed by atoms with E-state index in [1.807, 2.05) is 25.1 Å². The summed E-state index contributed by atoms with van der Waals surface area (Å²) in [6.07, 6.45) is 1.59. The molecule has 37 heavy (non-hydrogen) atoms. The maximum atomic E-state index is 12.9. The van der Waals surface area contributed by atoms with E-state index in [-0.39, 0.29) is 11.5 Å². The van der Waals surface area contributed by atoms with Crippen LogP contribution in [0.3, 0.4) is 0 Å². The summed E-state index contributed by atoms with van der Waals surface area (Å²) in [6.45, 7) is 1.68. The van der Waals surface area contributed by atoms with E-state index >= 15 is 0 Å². The third kappa shape index (κ3) is 6.78. The molecule has 11 heteroatoms. The summed E-state index contributed by atoms with van der Waals surface area (Å²) < 4.78 is 7.23. The lowest BCUT2D eigenvalue weighted by Crippen LogP contribution is -2.36. The third-order valence-corrected chi connectivity index (χ3v) is 7.99. The van der Waals surface area contributed by atoms with Crippen molar-refractivity contribution in [1.29, 1.82) is 0 Å². The number of rotatable bonds is 7. The average Bonchev–Trinajstić information content (AvgIpc) is 3.09. The molecule has 3 aromatic carbocycles. The largest absolute Gasteiger partial charge is 0.486 e. The molecule has 3 aromatic rings. The first-order chi connectivity index (χ1) is 17.6. The summed E-state index contributed by atoms with van der Waals surface area (Å²) in [6, 6.07) is 16.0. The van der Waals surface area contributed by atoms with Gasteiger partial charge in [0, 0.05) is 21.3 Å². The van der Waals surface area contributed by atoms with Gasteiger partial charge >= 0.3 is 0 Å². The number of thioether (sulfide) groups is 1. The number of carbonyl (C=O) groups is 3. The number of nitrogens with one attached hydrogen (secondary N) is 1. The van der Waals surface area contributed by atoms with Crippen molar-refractivity contribution in [3.8, 4) is 5.75 Å². The Kier molecular flexibility index (Phi) is 9.03. The number of aryl methyl sites for hydroxylation is 1. The maximum absolute atomic E-state index is 12.9. The van der Waals surface area contributed by atoms with Gasteiger partial charge < -0.3 is 10.1 Å². The molecule has 0 saturated carbocycles. The number of ether oxygens (including phenoxy) is 1. The first-order valence-electron chi connectivity index (χ1n) is 10.8.